The summed E-state index contributed by atoms with van der Waals surface area (Å²) in [7, 11) is 1.64. The number of hydrogen-bond acceptors (Lipinski definition) is 3. The predicted molar refractivity (Wildman–Crippen MR) is 70.0 cm³/mol. The van der Waals surface area contributed by atoms with E-state index >= 15 is 0 Å². The summed E-state index contributed by atoms with van der Waals surface area (Å²) in [5.74, 6) is -0.0950. The third-order valence-corrected chi connectivity index (χ3v) is 3.49. The molecule has 98 valence electrons. The smallest absolute Gasteiger partial charge is 0.306 e. The molecule has 0 amide bonds. The van der Waals surface area contributed by atoms with Crippen LogP contribution in [0.4, 0.5) is 5.69 Å². The van der Waals surface area contributed by atoms with E-state index < -0.39 is 5.97 Å². The number of carbonyl (C=O) groups is 1. The molecule has 1 aliphatic rings. The van der Waals surface area contributed by atoms with Crippen molar-refractivity contribution in [3.63, 3.8) is 0 Å². The van der Waals surface area contributed by atoms with Gasteiger partial charge in [0.1, 0.15) is 5.75 Å². The van der Waals surface area contributed by atoms with Crippen molar-refractivity contribution >= 4 is 11.7 Å². The van der Waals surface area contributed by atoms with E-state index in [1.807, 2.05) is 24.3 Å². The third kappa shape index (κ3) is 2.94. The van der Waals surface area contributed by atoms with E-state index in [4.69, 9.17) is 9.84 Å². The Bertz CT molecular complexity index is 419. The largest absolute Gasteiger partial charge is 0.495 e. The van der Waals surface area contributed by atoms with Crippen molar-refractivity contribution in [3.05, 3.63) is 24.3 Å². The summed E-state index contributed by atoms with van der Waals surface area (Å²) in [6.45, 7) is 0. The molecule has 1 fully saturated rings. The lowest BCUT2D eigenvalue weighted by Crippen LogP contribution is -2.31. The second-order valence-electron chi connectivity index (χ2n) is 4.74. The maximum atomic E-state index is 11.0. The first-order valence-corrected chi connectivity index (χ1v) is 6.33. The van der Waals surface area contributed by atoms with Crippen LogP contribution in [0.5, 0.6) is 5.75 Å². The Morgan fingerprint density at radius 1 is 1.39 bits per heavy atom. The molecule has 1 saturated carbocycles. The van der Waals surface area contributed by atoms with Gasteiger partial charge in [-0.15, -0.1) is 0 Å². The number of anilines is 1. The number of rotatable bonds is 4. The summed E-state index contributed by atoms with van der Waals surface area (Å²) in [5, 5.41) is 12.5. The molecule has 4 nitrogen and oxygen atoms in total. The fourth-order valence-electron chi connectivity index (χ4n) is 2.53. The highest BCUT2D eigenvalue weighted by molar-refractivity contribution is 5.70. The number of ether oxygens (including phenoxy) is 1. The van der Waals surface area contributed by atoms with Gasteiger partial charge >= 0.3 is 5.97 Å². The van der Waals surface area contributed by atoms with Crippen molar-refractivity contribution in [1.82, 2.24) is 0 Å². The molecule has 0 heterocycles. The molecule has 0 saturated heterocycles. The number of carboxylic acids is 1. The normalized spacial score (nSPS) is 23.4. The Hall–Kier alpha value is -1.71. The quantitative estimate of drug-likeness (QED) is 0.861. The Morgan fingerprint density at radius 3 is 2.89 bits per heavy atom. The molecule has 0 radical (unpaired) electrons. The number of nitrogens with one attached hydrogen (secondary N) is 1. The zero-order valence-corrected chi connectivity index (χ0v) is 10.6. The topological polar surface area (TPSA) is 58.6 Å². The molecule has 1 aromatic carbocycles. The number of benzene rings is 1. The van der Waals surface area contributed by atoms with Crippen LogP contribution in [0.15, 0.2) is 24.3 Å². The standard InChI is InChI=1S/C14H19NO3/c1-18-13-8-3-2-7-12(13)15-11-6-4-5-10(9-11)14(16)17/h2-3,7-8,10-11,15H,4-6,9H2,1H3,(H,16,17). The van der Waals surface area contributed by atoms with E-state index in [0.29, 0.717) is 6.42 Å². The van der Waals surface area contributed by atoms with Gasteiger partial charge in [-0.2, -0.15) is 0 Å². The van der Waals surface area contributed by atoms with Crippen LogP contribution < -0.4 is 10.1 Å². The third-order valence-electron chi connectivity index (χ3n) is 3.49. The molecule has 0 spiro atoms. The van der Waals surface area contributed by atoms with Crippen molar-refractivity contribution in [3.8, 4) is 5.75 Å². The molecular formula is C14H19NO3. The van der Waals surface area contributed by atoms with E-state index in [1.54, 1.807) is 7.11 Å². The van der Waals surface area contributed by atoms with Gasteiger partial charge in [-0.1, -0.05) is 18.6 Å². The highest BCUT2D eigenvalue weighted by Gasteiger charge is 2.27. The average molecular weight is 249 g/mol. The van der Waals surface area contributed by atoms with Crippen molar-refractivity contribution in [2.75, 3.05) is 12.4 Å². The minimum absolute atomic E-state index is 0.217. The maximum Gasteiger partial charge on any atom is 0.306 e. The fraction of sp³-hybridized carbons (Fsp3) is 0.500. The van der Waals surface area contributed by atoms with Crippen molar-refractivity contribution < 1.29 is 14.6 Å². The van der Waals surface area contributed by atoms with Gasteiger partial charge in [-0.05, 0) is 31.4 Å². The maximum absolute atomic E-state index is 11.0. The van der Waals surface area contributed by atoms with E-state index in [1.165, 1.54) is 0 Å². The first-order chi connectivity index (χ1) is 8.70. The molecular weight excluding hydrogens is 230 g/mol. The molecule has 2 unspecified atom stereocenters. The Labute approximate surface area is 107 Å². The predicted octanol–water partition coefficient (Wildman–Crippen LogP) is 2.75. The van der Waals surface area contributed by atoms with Crippen LogP contribution >= 0.6 is 0 Å². The van der Waals surface area contributed by atoms with Crippen molar-refractivity contribution in [1.29, 1.82) is 0 Å². The number of carboxylic acid groups (broad SMARTS) is 1. The van der Waals surface area contributed by atoms with Gasteiger partial charge in [-0.3, -0.25) is 4.79 Å². The van der Waals surface area contributed by atoms with E-state index in [2.05, 4.69) is 5.32 Å². The molecule has 0 bridgehead atoms. The zero-order valence-electron chi connectivity index (χ0n) is 10.6. The molecule has 2 rings (SSSR count). The van der Waals surface area contributed by atoms with Gasteiger partial charge in [0.05, 0.1) is 18.7 Å². The molecule has 2 atom stereocenters. The lowest BCUT2D eigenvalue weighted by Gasteiger charge is -2.28. The van der Waals surface area contributed by atoms with E-state index in [9.17, 15) is 4.79 Å². The van der Waals surface area contributed by atoms with Crippen LogP contribution in [0.2, 0.25) is 0 Å². The second kappa shape index (κ2) is 5.76. The summed E-state index contributed by atoms with van der Waals surface area (Å²) in [4.78, 5) is 11.0. The first kappa shape index (κ1) is 12.7. The van der Waals surface area contributed by atoms with E-state index in [-0.39, 0.29) is 12.0 Å². The van der Waals surface area contributed by atoms with Gasteiger partial charge in [-0.25, -0.2) is 0 Å². The molecule has 0 aliphatic heterocycles. The van der Waals surface area contributed by atoms with Crippen LogP contribution in [0.25, 0.3) is 0 Å². The monoisotopic (exact) mass is 249 g/mol. The number of aliphatic carboxylic acids is 1. The number of para-hydroxylation sites is 2. The first-order valence-electron chi connectivity index (χ1n) is 6.33. The second-order valence-corrected chi connectivity index (χ2v) is 4.74. The van der Waals surface area contributed by atoms with Gasteiger partial charge in [0.15, 0.2) is 0 Å². The lowest BCUT2D eigenvalue weighted by atomic mass is 9.85. The van der Waals surface area contributed by atoms with Crippen LogP contribution in [0, 0.1) is 5.92 Å². The Morgan fingerprint density at radius 2 is 2.17 bits per heavy atom. The SMILES string of the molecule is COc1ccccc1NC1CCCC(C(=O)O)C1. The average Bonchev–Trinajstić information content (AvgIpc) is 2.39. The Kier molecular flexibility index (Phi) is 4.07. The van der Waals surface area contributed by atoms with Gasteiger partial charge in [0, 0.05) is 6.04 Å². The highest BCUT2D eigenvalue weighted by Crippen LogP contribution is 2.30. The minimum atomic E-state index is -0.679. The molecule has 4 heteroatoms. The Balaban J connectivity index is 2.02. The lowest BCUT2D eigenvalue weighted by molar-refractivity contribution is -0.142. The summed E-state index contributed by atoms with van der Waals surface area (Å²) in [5.41, 5.74) is 0.941. The summed E-state index contributed by atoms with van der Waals surface area (Å²) in [6, 6.07) is 7.95. The summed E-state index contributed by atoms with van der Waals surface area (Å²) in [6.07, 6.45) is 3.46. The van der Waals surface area contributed by atoms with Crippen molar-refractivity contribution in [2.24, 2.45) is 5.92 Å². The molecule has 1 aliphatic carbocycles. The van der Waals surface area contributed by atoms with Crippen LogP contribution in [-0.2, 0) is 4.79 Å². The van der Waals surface area contributed by atoms with Gasteiger partial charge in [0.25, 0.3) is 0 Å². The van der Waals surface area contributed by atoms with Crippen LogP contribution in [0.3, 0.4) is 0 Å². The summed E-state index contributed by atoms with van der Waals surface area (Å²) >= 11 is 0. The summed E-state index contributed by atoms with van der Waals surface area (Å²) < 4.78 is 5.28. The van der Waals surface area contributed by atoms with E-state index in [0.717, 1.165) is 30.7 Å². The number of hydrogen-bond donors (Lipinski definition) is 2. The van der Waals surface area contributed by atoms with Crippen LogP contribution in [-0.4, -0.2) is 24.2 Å². The minimum Gasteiger partial charge on any atom is -0.495 e. The molecule has 18 heavy (non-hydrogen) atoms. The van der Waals surface area contributed by atoms with Gasteiger partial charge in [0.2, 0.25) is 0 Å². The van der Waals surface area contributed by atoms with Crippen LogP contribution in [0.1, 0.15) is 25.7 Å². The molecule has 1 aromatic rings. The van der Waals surface area contributed by atoms with Gasteiger partial charge < -0.3 is 15.2 Å². The fourth-order valence-corrected chi connectivity index (χ4v) is 2.53. The van der Waals surface area contributed by atoms with Crippen molar-refractivity contribution in [2.45, 2.75) is 31.7 Å². The zero-order chi connectivity index (χ0) is 13.0. The molecule has 2 N–H and O–H groups in total. The highest BCUT2D eigenvalue weighted by atomic mass is 16.5. The molecule has 0 aromatic heterocycles. The number of methoxy groups -OCH3 is 1.